The second-order valence-corrected chi connectivity index (χ2v) is 5.02. The van der Waals surface area contributed by atoms with Gasteiger partial charge < -0.3 is 5.11 Å². The summed E-state index contributed by atoms with van der Waals surface area (Å²) in [5.41, 5.74) is -0.620. The van der Waals surface area contributed by atoms with Crippen molar-refractivity contribution in [3.63, 3.8) is 0 Å². The Morgan fingerprint density at radius 1 is 1.11 bits per heavy atom. The Hall–Kier alpha value is -1.19. The fourth-order valence-corrected chi connectivity index (χ4v) is 2.79. The second-order valence-electron chi connectivity index (χ2n) is 5.02. The average Bonchev–Trinajstić information content (AvgIpc) is 2.28. The van der Waals surface area contributed by atoms with Crippen LogP contribution in [0.4, 0.5) is 13.2 Å². The lowest BCUT2D eigenvalue weighted by Gasteiger charge is -2.23. The molecule has 0 aliphatic heterocycles. The lowest BCUT2D eigenvalue weighted by Crippen LogP contribution is -2.14. The van der Waals surface area contributed by atoms with E-state index >= 15 is 0 Å². The molecule has 1 aliphatic carbocycles. The molecule has 2 rings (SSSR count). The molecule has 18 heavy (non-hydrogen) atoms. The van der Waals surface area contributed by atoms with Gasteiger partial charge in [0.05, 0.1) is 0 Å². The van der Waals surface area contributed by atoms with Crippen molar-refractivity contribution in [2.45, 2.75) is 44.7 Å². The summed E-state index contributed by atoms with van der Waals surface area (Å²) in [5.74, 6) is -0.336. The molecule has 0 aromatic heterocycles. The molecule has 0 saturated heterocycles. The third-order valence-corrected chi connectivity index (χ3v) is 3.65. The molecule has 4 heteroatoms. The minimum atomic E-state index is -4.48. The van der Waals surface area contributed by atoms with Crippen LogP contribution in [0.5, 0.6) is 5.75 Å². The van der Waals surface area contributed by atoms with Crippen LogP contribution in [0.15, 0.2) is 18.2 Å². The van der Waals surface area contributed by atoms with E-state index in [1.54, 1.807) is 0 Å². The van der Waals surface area contributed by atoms with Gasteiger partial charge in [0.1, 0.15) is 11.3 Å². The van der Waals surface area contributed by atoms with Crippen molar-refractivity contribution in [1.82, 2.24) is 0 Å². The van der Waals surface area contributed by atoms with Crippen molar-refractivity contribution >= 4 is 0 Å². The molecule has 1 fully saturated rings. The lowest BCUT2D eigenvalue weighted by atomic mass is 9.83. The highest BCUT2D eigenvalue weighted by molar-refractivity contribution is 5.41. The first-order chi connectivity index (χ1) is 8.48. The number of hydrogen-bond donors (Lipinski definition) is 1. The molecule has 1 N–H and O–H groups in total. The van der Waals surface area contributed by atoms with Crippen LogP contribution in [0.3, 0.4) is 0 Å². The van der Waals surface area contributed by atoms with Crippen LogP contribution >= 0.6 is 0 Å². The number of hydrogen-bond acceptors (Lipinski definition) is 1. The lowest BCUT2D eigenvalue weighted by molar-refractivity contribution is -0.139. The quantitative estimate of drug-likeness (QED) is 0.826. The summed E-state index contributed by atoms with van der Waals surface area (Å²) in [6.07, 6.45) is 1.32. The fourth-order valence-electron chi connectivity index (χ4n) is 2.79. The van der Waals surface area contributed by atoms with Gasteiger partial charge in [-0.2, -0.15) is 13.2 Å². The zero-order valence-electron chi connectivity index (χ0n) is 10.1. The van der Waals surface area contributed by atoms with Gasteiger partial charge in [0, 0.05) is 0 Å². The SMILES string of the molecule is Oc1cccc(CC2CCCCC2)c1C(F)(F)F. The molecule has 0 atom stereocenters. The first-order valence-corrected chi connectivity index (χ1v) is 6.36. The normalized spacial score (nSPS) is 17.9. The van der Waals surface area contributed by atoms with E-state index in [1.165, 1.54) is 18.6 Å². The smallest absolute Gasteiger partial charge is 0.420 e. The largest absolute Gasteiger partial charge is 0.507 e. The van der Waals surface area contributed by atoms with E-state index in [-0.39, 0.29) is 5.56 Å². The van der Waals surface area contributed by atoms with E-state index in [1.807, 2.05) is 0 Å². The van der Waals surface area contributed by atoms with Crippen molar-refractivity contribution in [3.05, 3.63) is 29.3 Å². The molecule has 0 unspecified atom stereocenters. The number of halogens is 3. The zero-order valence-corrected chi connectivity index (χ0v) is 10.1. The molecule has 0 heterocycles. The molecule has 1 aliphatic rings. The Balaban J connectivity index is 2.24. The molecule has 1 aromatic carbocycles. The van der Waals surface area contributed by atoms with Crippen LogP contribution in [0.1, 0.15) is 43.2 Å². The van der Waals surface area contributed by atoms with Gasteiger partial charge in [0.25, 0.3) is 0 Å². The molecule has 0 bridgehead atoms. The van der Waals surface area contributed by atoms with E-state index in [9.17, 15) is 18.3 Å². The molecule has 100 valence electrons. The molecule has 1 nitrogen and oxygen atoms in total. The van der Waals surface area contributed by atoms with E-state index in [2.05, 4.69) is 0 Å². The molecule has 1 aromatic rings. The summed E-state index contributed by atoms with van der Waals surface area (Å²) >= 11 is 0. The number of rotatable bonds is 2. The summed E-state index contributed by atoms with van der Waals surface area (Å²) in [6.45, 7) is 0. The molecular weight excluding hydrogens is 241 g/mol. The Kier molecular flexibility index (Phi) is 3.83. The number of phenolic OH excluding ortho intramolecular Hbond substituents is 1. The maximum atomic E-state index is 12.9. The summed E-state index contributed by atoms with van der Waals surface area (Å²) < 4.78 is 38.7. The van der Waals surface area contributed by atoms with E-state index in [0.717, 1.165) is 31.7 Å². The van der Waals surface area contributed by atoms with Crippen molar-refractivity contribution in [3.8, 4) is 5.75 Å². The minimum Gasteiger partial charge on any atom is -0.507 e. The van der Waals surface area contributed by atoms with Crippen molar-refractivity contribution in [1.29, 1.82) is 0 Å². The second kappa shape index (κ2) is 5.21. The van der Waals surface area contributed by atoms with Gasteiger partial charge in [0.2, 0.25) is 0 Å². The minimum absolute atomic E-state index is 0.231. The molecular formula is C14H17F3O. The van der Waals surface area contributed by atoms with Gasteiger partial charge in [-0.3, -0.25) is 0 Å². The first-order valence-electron chi connectivity index (χ1n) is 6.36. The van der Waals surface area contributed by atoms with Crippen LogP contribution in [0, 0.1) is 5.92 Å². The van der Waals surface area contributed by atoms with Gasteiger partial charge in [0.15, 0.2) is 0 Å². The van der Waals surface area contributed by atoms with Crippen LogP contribution in [-0.4, -0.2) is 5.11 Å². The van der Waals surface area contributed by atoms with Crippen molar-refractivity contribution in [2.75, 3.05) is 0 Å². The van der Waals surface area contributed by atoms with Crippen molar-refractivity contribution < 1.29 is 18.3 Å². The highest BCUT2D eigenvalue weighted by Crippen LogP contribution is 2.40. The number of aromatic hydroxyl groups is 1. The Morgan fingerprint density at radius 2 is 1.78 bits per heavy atom. The monoisotopic (exact) mass is 258 g/mol. The summed E-state index contributed by atoms with van der Waals surface area (Å²) in [5, 5.41) is 9.44. The van der Waals surface area contributed by atoms with Gasteiger partial charge in [-0.15, -0.1) is 0 Å². The van der Waals surface area contributed by atoms with Crippen LogP contribution in [0.25, 0.3) is 0 Å². The maximum absolute atomic E-state index is 12.9. The predicted molar refractivity (Wildman–Crippen MR) is 63.4 cm³/mol. The predicted octanol–water partition coefficient (Wildman–Crippen LogP) is 4.53. The molecule has 0 spiro atoms. The highest BCUT2D eigenvalue weighted by Gasteiger charge is 2.36. The van der Waals surface area contributed by atoms with Gasteiger partial charge in [-0.1, -0.05) is 44.2 Å². The summed E-state index contributed by atoms with van der Waals surface area (Å²) in [7, 11) is 0. The van der Waals surface area contributed by atoms with Crippen molar-refractivity contribution in [2.24, 2.45) is 5.92 Å². The average molecular weight is 258 g/mol. The summed E-state index contributed by atoms with van der Waals surface area (Å²) in [4.78, 5) is 0. The first kappa shape index (κ1) is 13.2. The number of benzene rings is 1. The van der Waals surface area contributed by atoms with E-state index in [0.29, 0.717) is 12.3 Å². The topological polar surface area (TPSA) is 20.2 Å². The maximum Gasteiger partial charge on any atom is 0.420 e. The standard InChI is InChI=1S/C14H17F3O/c15-14(16,17)13-11(7-4-8-12(13)18)9-10-5-2-1-3-6-10/h4,7-8,10,18H,1-3,5-6,9H2. The Morgan fingerprint density at radius 3 is 2.39 bits per heavy atom. The number of alkyl halides is 3. The third kappa shape index (κ3) is 2.98. The molecule has 0 radical (unpaired) electrons. The zero-order chi connectivity index (χ0) is 13.2. The van der Waals surface area contributed by atoms with Crippen LogP contribution < -0.4 is 0 Å². The molecule has 0 amide bonds. The Labute approximate surface area is 105 Å². The fraction of sp³-hybridized carbons (Fsp3) is 0.571. The number of phenols is 1. The highest BCUT2D eigenvalue weighted by atomic mass is 19.4. The van der Waals surface area contributed by atoms with E-state index in [4.69, 9.17) is 0 Å². The van der Waals surface area contributed by atoms with Crippen LogP contribution in [-0.2, 0) is 12.6 Å². The van der Waals surface area contributed by atoms with Gasteiger partial charge in [-0.25, -0.2) is 0 Å². The molecule has 1 saturated carbocycles. The third-order valence-electron chi connectivity index (χ3n) is 3.65. The van der Waals surface area contributed by atoms with Gasteiger partial charge >= 0.3 is 6.18 Å². The van der Waals surface area contributed by atoms with Gasteiger partial charge in [-0.05, 0) is 24.0 Å². The van der Waals surface area contributed by atoms with E-state index < -0.39 is 17.5 Å². The Bertz CT molecular complexity index is 406. The van der Waals surface area contributed by atoms with Crippen LogP contribution in [0.2, 0.25) is 0 Å². The summed E-state index contributed by atoms with van der Waals surface area (Å²) in [6, 6.07) is 4.08.